The van der Waals surface area contributed by atoms with Gasteiger partial charge in [-0.3, -0.25) is 0 Å². The lowest BCUT2D eigenvalue weighted by atomic mass is 9.95. The summed E-state index contributed by atoms with van der Waals surface area (Å²) in [5.41, 5.74) is 0.699. The van der Waals surface area contributed by atoms with E-state index in [-0.39, 0.29) is 12.6 Å². The molecular weight excluding hydrogens is 316 g/mol. The van der Waals surface area contributed by atoms with Crippen LogP contribution in [0.4, 0.5) is 10.5 Å². The Balaban J connectivity index is 1.92. The second-order valence-corrected chi connectivity index (χ2v) is 7.18. The Morgan fingerprint density at radius 2 is 2.16 bits per heavy atom. The molecule has 0 aliphatic carbocycles. The molecule has 2 rings (SSSR count). The zero-order valence-corrected chi connectivity index (χ0v) is 15.4. The van der Waals surface area contributed by atoms with Crippen LogP contribution in [-0.4, -0.2) is 32.8 Å². The predicted octanol–water partition coefficient (Wildman–Crippen LogP) is 3.40. The van der Waals surface area contributed by atoms with Crippen molar-refractivity contribution in [1.29, 1.82) is 0 Å². The number of hydrogen-bond acceptors (Lipinski definition) is 3. The molecule has 0 saturated heterocycles. The molecule has 1 unspecified atom stereocenters. The molecule has 0 bridgehead atoms. The third kappa shape index (κ3) is 5.90. The number of urea groups is 1. The van der Waals surface area contributed by atoms with Crippen molar-refractivity contribution in [2.45, 2.75) is 39.2 Å². The maximum atomic E-state index is 12.1. The number of carbonyl (C=O) groups is 1. The number of carbonyl (C=O) groups excluding carboxylic acids is 1. The van der Waals surface area contributed by atoms with Gasteiger partial charge in [0.05, 0.1) is 5.60 Å². The highest BCUT2D eigenvalue weighted by molar-refractivity contribution is 5.90. The Hall–Kier alpha value is -2.34. The second kappa shape index (κ2) is 8.16. The minimum atomic E-state index is -0.906. The summed E-state index contributed by atoms with van der Waals surface area (Å²) in [4.78, 5) is 16.4. The van der Waals surface area contributed by atoms with E-state index in [0.717, 1.165) is 17.8 Å². The molecule has 1 atom stereocenters. The van der Waals surface area contributed by atoms with Gasteiger partial charge >= 0.3 is 6.03 Å². The molecule has 6 nitrogen and oxygen atoms in total. The van der Waals surface area contributed by atoms with Crippen LogP contribution in [0.2, 0.25) is 0 Å². The molecule has 1 aromatic carbocycles. The first kappa shape index (κ1) is 19.0. The predicted molar refractivity (Wildman–Crippen MR) is 100 cm³/mol. The molecule has 25 heavy (non-hydrogen) atoms. The topological polar surface area (TPSA) is 79.2 Å². The second-order valence-electron chi connectivity index (χ2n) is 7.18. The fourth-order valence-electron chi connectivity index (χ4n) is 2.51. The molecule has 2 aromatic rings. The first-order valence-corrected chi connectivity index (χ1v) is 8.62. The Morgan fingerprint density at radius 1 is 1.40 bits per heavy atom. The molecule has 1 aromatic heterocycles. The van der Waals surface area contributed by atoms with E-state index in [9.17, 15) is 9.90 Å². The van der Waals surface area contributed by atoms with Gasteiger partial charge in [-0.15, -0.1) is 0 Å². The maximum absolute atomic E-state index is 12.1. The fourth-order valence-corrected chi connectivity index (χ4v) is 2.51. The Labute approximate surface area is 149 Å². The van der Waals surface area contributed by atoms with Crippen molar-refractivity contribution in [1.82, 2.24) is 14.9 Å². The van der Waals surface area contributed by atoms with E-state index < -0.39 is 5.60 Å². The van der Waals surface area contributed by atoms with Crippen LogP contribution in [0.3, 0.4) is 0 Å². The molecule has 1 heterocycles. The average molecular weight is 344 g/mol. The van der Waals surface area contributed by atoms with Gasteiger partial charge in [-0.2, -0.15) is 0 Å². The van der Waals surface area contributed by atoms with Gasteiger partial charge < -0.3 is 20.3 Å². The number of nitrogens with zero attached hydrogens (tertiary/aromatic N) is 2. The largest absolute Gasteiger partial charge is 0.388 e. The van der Waals surface area contributed by atoms with E-state index in [1.165, 1.54) is 0 Å². The van der Waals surface area contributed by atoms with Gasteiger partial charge in [-0.05, 0) is 37.8 Å². The number of hydrogen-bond donors (Lipinski definition) is 3. The van der Waals surface area contributed by atoms with Gasteiger partial charge in [0.2, 0.25) is 0 Å². The van der Waals surface area contributed by atoms with E-state index in [1.807, 2.05) is 42.1 Å². The van der Waals surface area contributed by atoms with E-state index in [2.05, 4.69) is 29.5 Å². The Morgan fingerprint density at radius 3 is 2.80 bits per heavy atom. The van der Waals surface area contributed by atoms with Gasteiger partial charge in [0.1, 0.15) is 5.82 Å². The maximum Gasteiger partial charge on any atom is 0.319 e. The van der Waals surface area contributed by atoms with Crippen LogP contribution in [0, 0.1) is 5.92 Å². The zero-order chi connectivity index (χ0) is 18.4. The third-order valence-electron chi connectivity index (χ3n) is 4.09. The van der Waals surface area contributed by atoms with Crippen LogP contribution >= 0.6 is 0 Å². The molecule has 2 amide bonds. The molecule has 0 fully saturated rings. The van der Waals surface area contributed by atoms with Crippen LogP contribution in [0.25, 0.3) is 11.4 Å². The third-order valence-corrected chi connectivity index (χ3v) is 4.09. The number of imidazole rings is 1. The molecule has 6 heteroatoms. The molecule has 0 radical (unpaired) electrons. The first-order valence-electron chi connectivity index (χ1n) is 8.62. The number of amides is 2. The van der Waals surface area contributed by atoms with Crippen molar-refractivity contribution in [3.63, 3.8) is 0 Å². The van der Waals surface area contributed by atoms with E-state index in [4.69, 9.17) is 0 Å². The van der Waals surface area contributed by atoms with Gasteiger partial charge in [-0.25, -0.2) is 9.78 Å². The van der Waals surface area contributed by atoms with Crippen LogP contribution in [0.5, 0.6) is 0 Å². The number of anilines is 1. The minimum absolute atomic E-state index is 0.213. The van der Waals surface area contributed by atoms with Crippen LogP contribution < -0.4 is 10.6 Å². The van der Waals surface area contributed by atoms with Crippen LogP contribution in [-0.2, 0) is 7.05 Å². The lowest BCUT2D eigenvalue weighted by Crippen LogP contribution is -2.42. The number of aromatic nitrogens is 2. The van der Waals surface area contributed by atoms with Crippen molar-refractivity contribution < 1.29 is 9.90 Å². The van der Waals surface area contributed by atoms with Crippen molar-refractivity contribution in [2.24, 2.45) is 13.0 Å². The summed E-state index contributed by atoms with van der Waals surface area (Å²) in [6.45, 7) is 6.19. The van der Waals surface area contributed by atoms with Crippen molar-refractivity contribution in [3.8, 4) is 11.4 Å². The molecule has 136 valence electrons. The van der Waals surface area contributed by atoms with Gasteiger partial charge in [0.25, 0.3) is 0 Å². The van der Waals surface area contributed by atoms with Crippen LogP contribution in [0.15, 0.2) is 36.7 Å². The summed E-state index contributed by atoms with van der Waals surface area (Å²) >= 11 is 0. The number of aliphatic hydroxyl groups is 1. The molecule has 3 N–H and O–H groups in total. The summed E-state index contributed by atoms with van der Waals surface area (Å²) in [5.74, 6) is 1.36. The molecule has 0 aliphatic rings. The lowest BCUT2D eigenvalue weighted by molar-refractivity contribution is 0.0481. The summed E-state index contributed by atoms with van der Waals surface area (Å²) in [6.07, 6.45) is 5.18. The monoisotopic (exact) mass is 344 g/mol. The Bertz CT molecular complexity index is 707. The van der Waals surface area contributed by atoms with Crippen molar-refractivity contribution in [3.05, 3.63) is 36.7 Å². The first-order chi connectivity index (χ1) is 11.8. The van der Waals surface area contributed by atoms with Gasteiger partial charge in [-0.1, -0.05) is 26.0 Å². The summed E-state index contributed by atoms with van der Waals surface area (Å²) in [6, 6.07) is 7.18. The smallest absolute Gasteiger partial charge is 0.319 e. The molecule has 0 aliphatic heterocycles. The minimum Gasteiger partial charge on any atom is -0.388 e. The van der Waals surface area contributed by atoms with Crippen LogP contribution in [0.1, 0.15) is 33.6 Å². The standard InChI is InChI=1S/C19H28N4O2/c1-14(2)8-9-19(3,25)13-21-18(24)22-16-7-5-6-15(12-16)17-20-10-11-23(17)4/h5-7,10-12,14,25H,8-9,13H2,1-4H3,(H2,21,22,24). The van der Waals surface area contributed by atoms with E-state index >= 15 is 0 Å². The van der Waals surface area contributed by atoms with E-state index in [1.54, 1.807) is 13.1 Å². The highest BCUT2D eigenvalue weighted by Gasteiger charge is 2.21. The quantitative estimate of drug-likeness (QED) is 0.720. The fraction of sp³-hybridized carbons (Fsp3) is 0.474. The highest BCUT2D eigenvalue weighted by atomic mass is 16.3. The number of aryl methyl sites for hydroxylation is 1. The summed E-state index contributed by atoms with van der Waals surface area (Å²) < 4.78 is 1.92. The van der Waals surface area contributed by atoms with Crippen molar-refractivity contribution >= 4 is 11.7 Å². The number of rotatable bonds is 7. The highest BCUT2D eigenvalue weighted by Crippen LogP contribution is 2.20. The average Bonchev–Trinajstić information content (AvgIpc) is 2.98. The zero-order valence-electron chi connectivity index (χ0n) is 15.4. The molecule has 0 spiro atoms. The number of nitrogens with one attached hydrogen (secondary N) is 2. The SMILES string of the molecule is CC(C)CCC(C)(O)CNC(=O)Nc1cccc(-c2nccn2C)c1. The summed E-state index contributed by atoms with van der Waals surface area (Å²) in [7, 11) is 1.92. The normalized spacial score (nSPS) is 13.5. The lowest BCUT2D eigenvalue weighted by Gasteiger charge is -2.24. The molecular formula is C19H28N4O2. The van der Waals surface area contributed by atoms with Crippen molar-refractivity contribution in [2.75, 3.05) is 11.9 Å². The number of benzene rings is 1. The summed E-state index contributed by atoms with van der Waals surface area (Å²) in [5, 5.41) is 15.9. The van der Waals surface area contributed by atoms with E-state index in [0.29, 0.717) is 18.0 Å². The Kier molecular flexibility index (Phi) is 6.20. The van der Waals surface area contributed by atoms with Gasteiger partial charge in [0.15, 0.2) is 0 Å². The van der Waals surface area contributed by atoms with Gasteiger partial charge in [0, 0.05) is 37.2 Å². The molecule has 0 saturated carbocycles.